The molecule has 0 fully saturated rings. The zero-order valence-corrected chi connectivity index (χ0v) is 15.2. The van der Waals surface area contributed by atoms with Gasteiger partial charge < -0.3 is 4.98 Å². The Morgan fingerprint density at radius 2 is 2.04 bits per heavy atom. The number of aromatic amines is 1. The van der Waals surface area contributed by atoms with E-state index in [9.17, 15) is 0 Å². The molecule has 2 heterocycles. The lowest BCUT2D eigenvalue weighted by Gasteiger charge is -2.04. The fraction of sp³-hybridized carbons (Fsp3) is 0.222. The summed E-state index contributed by atoms with van der Waals surface area (Å²) in [6, 6.07) is 12.4. The molecule has 0 spiro atoms. The second-order valence-electron chi connectivity index (χ2n) is 5.52. The van der Waals surface area contributed by atoms with Gasteiger partial charge in [-0.1, -0.05) is 55.5 Å². The second-order valence-corrected chi connectivity index (χ2v) is 8.27. The van der Waals surface area contributed by atoms with Crippen LogP contribution in [0.2, 0.25) is 0 Å². The van der Waals surface area contributed by atoms with Crippen LogP contribution in [0.25, 0.3) is 32.0 Å². The molecule has 0 radical (unpaired) electrons. The van der Waals surface area contributed by atoms with Crippen LogP contribution in [0.3, 0.4) is 0 Å². The second kappa shape index (κ2) is 6.23. The molecule has 2 aromatic heterocycles. The Kier molecular flexibility index (Phi) is 4.09. The van der Waals surface area contributed by atoms with Crippen molar-refractivity contribution in [1.29, 1.82) is 0 Å². The first-order valence-electron chi connectivity index (χ1n) is 7.75. The van der Waals surface area contributed by atoms with Gasteiger partial charge in [0.2, 0.25) is 0 Å². The number of rotatable bonds is 4. The molecule has 0 bridgehead atoms. The normalized spacial score (nSPS) is 11.7. The van der Waals surface area contributed by atoms with Gasteiger partial charge in [0.05, 0.1) is 14.7 Å². The lowest BCUT2D eigenvalue weighted by Crippen LogP contribution is -1.84. The minimum absolute atomic E-state index is 0.925. The molecule has 4 rings (SSSR count). The third-order valence-corrected chi connectivity index (χ3v) is 6.67. The number of hydrogen-bond donors (Lipinski definition) is 1. The van der Waals surface area contributed by atoms with Crippen LogP contribution >= 0.6 is 35.3 Å². The molecular formula is C18H16N2S3. The van der Waals surface area contributed by atoms with Gasteiger partial charge in [0.1, 0.15) is 0 Å². The molecule has 23 heavy (non-hydrogen) atoms. The summed E-state index contributed by atoms with van der Waals surface area (Å²) in [7, 11) is 0. The van der Waals surface area contributed by atoms with Crippen molar-refractivity contribution in [2.45, 2.75) is 24.1 Å². The van der Waals surface area contributed by atoms with Crippen LogP contribution < -0.4 is 0 Å². The first-order valence-corrected chi connectivity index (χ1v) is 9.96. The largest absolute Gasteiger partial charge is 0.354 e. The van der Waals surface area contributed by atoms with Crippen molar-refractivity contribution in [2.24, 2.45) is 0 Å². The highest BCUT2D eigenvalue weighted by molar-refractivity contribution is 8.01. The first-order chi connectivity index (χ1) is 11.3. The maximum atomic E-state index is 5.79. The number of H-pyrrole nitrogens is 1. The lowest BCUT2D eigenvalue weighted by molar-refractivity contribution is 0.896. The topological polar surface area (TPSA) is 28.7 Å². The average molecular weight is 357 g/mol. The van der Waals surface area contributed by atoms with E-state index < -0.39 is 0 Å². The van der Waals surface area contributed by atoms with E-state index in [1.165, 1.54) is 17.5 Å². The van der Waals surface area contributed by atoms with Crippen LogP contribution in [-0.2, 0) is 0 Å². The maximum absolute atomic E-state index is 5.79. The summed E-state index contributed by atoms with van der Waals surface area (Å²) in [5, 5.41) is 2.24. The number of aromatic nitrogens is 2. The van der Waals surface area contributed by atoms with Gasteiger partial charge >= 0.3 is 0 Å². The summed E-state index contributed by atoms with van der Waals surface area (Å²) in [5.41, 5.74) is 3.23. The molecule has 2 nitrogen and oxygen atoms in total. The molecule has 0 aliphatic rings. The van der Waals surface area contributed by atoms with Crippen molar-refractivity contribution in [1.82, 2.24) is 9.97 Å². The van der Waals surface area contributed by atoms with Gasteiger partial charge in [-0.05, 0) is 24.6 Å². The third kappa shape index (κ3) is 2.67. The van der Waals surface area contributed by atoms with E-state index in [0.29, 0.717) is 0 Å². The standard InChI is InChI=1S/C18H16N2S3/c1-2-3-10-22-18-20-14-9-8-13-15(17(14)23-18)16(21)11-6-4-5-7-12(11)19-13/h4-9H,2-3,10H2,1H3,(H,19,21). The molecule has 0 atom stereocenters. The fourth-order valence-corrected chi connectivity index (χ4v) is 5.55. The number of unbranched alkanes of at least 4 members (excludes halogenated alkanes) is 1. The van der Waals surface area contributed by atoms with Crippen LogP contribution in [-0.4, -0.2) is 15.7 Å². The fourth-order valence-electron chi connectivity index (χ4n) is 2.74. The first kappa shape index (κ1) is 15.1. The molecule has 116 valence electrons. The maximum Gasteiger partial charge on any atom is 0.151 e. The van der Waals surface area contributed by atoms with Gasteiger partial charge in [0.15, 0.2) is 4.34 Å². The molecule has 0 aliphatic heterocycles. The van der Waals surface area contributed by atoms with Crippen molar-refractivity contribution in [3.8, 4) is 0 Å². The molecule has 0 unspecified atom stereocenters. The zero-order valence-electron chi connectivity index (χ0n) is 12.8. The van der Waals surface area contributed by atoms with E-state index >= 15 is 0 Å². The number of para-hydroxylation sites is 1. The Morgan fingerprint density at radius 3 is 2.91 bits per heavy atom. The highest BCUT2D eigenvalue weighted by Gasteiger charge is 2.11. The molecule has 0 amide bonds. The smallest absolute Gasteiger partial charge is 0.151 e. The van der Waals surface area contributed by atoms with Gasteiger partial charge in [-0.15, -0.1) is 11.3 Å². The van der Waals surface area contributed by atoms with Gasteiger partial charge in [-0.25, -0.2) is 4.98 Å². The Morgan fingerprint density at radius 1 is 1.17 bits per heavy atom. The van der Waals surface area contributed by atoms with E-state index in [4.69, 9.17) is 17.2 Å². The Bertz CT molecular complexity index is 1060. The van der Waals surface area contributed by atoms with Crippen molar-refractivity contribution in [3.63, 3.8) is 0 Å². The van der Waals surface area contributed by atoms with Crippen molar-refractivity contribution in [3.05, 3.63) is 40.9 Å². The van der Waals surface area contributed by atoms with E-state index in [-0.39, 0.29) is 0 Å². The highest BCUT2D eigenvalue weighted by atomic mass is 32.2. The number of pyridine rings is 1. The summed E-state index contributed by atoms with van der Waals surface area (Å²) in [5.74, 6) is 1.13. The van der Waals surface area contributed by atoms with Crippen LogP contribution in [0.4, 0.5) is 0 Å². The summed E-state index contributed by atoms with van der Waals surface area (Å²) in [6.07, 6.45) is 2.45. The zero-order chi connectivity index (χ0) is 15.8. The molecule has 0 saturated heterocycles. The average Bonchev–Trinajstić information content (AvgIpc) is 2.98. The number of hydrogen-bond acceptors (Lipinski definition) is 4. The van der Waals surface area contributed by atoms with Gasteiger partial charge in [0, 0.05) is 27.6 Å². The van der Waals surface area contributed by atoms with Crippen molar-refractivity contribution < 1.29 is 0 Å². The van der Waals surface area contributed by atoms with E-state index in [1.54, 1.807) is 11.3 Å². The minimum Gasteiger partial charge on any atom is -0.354 e. The quantitative estimate of drug-likeness (QED) is 0.194. The Hall–Kier alpha value is -1.43. The van der Waals surface area contributed by atoms with Crippen LogP contribution in [0.5, 0.6) is 0 Å². The number of nitrogens with one attached hydrogen (secondary N) is 1. The number of thioether (sulfide) groups is 1. The molecule has 5 heteroatoms. The molecular weight excluding hydrogens is 340 g/mol. The number of fused-ring (bicyclic) bond motifs is 4. The number of benzene rings is 2. The van der Waals surface area contributed by atoms with Crippen LogP contribution in [0.15, 0.2) is 40.7 Å². The number of nitrogens with zero attached hydrogens (tertiary/aromatic N) is 1. The molecule has 1 N–H and O–H groups in total. The molecule has 4 aromatic rings. The predicted molar refractivity (Wildman–Crippen MR) is 105 cm³/mol. The van der Waals surface area contributed by atoms with Gasteiger partial charge in [-0.3, -0.25) is 0 Å². The summed E-state index contributed by atoms with van der Waals surface area (Å²) >= 11 is 9.41. The van der Waals surface area contributed by atoms with Gasteiger partial charge in [-0.2, -0.15) is 0 Å². The lowest BCUT2D eigenvalue weighted by atomic mass is 10.1. The predicted octanol–water partition coefficient (Wildman–Crippen LogP) is 6.55. The van der Waals surface area contributed by atoms with Crippen LogP contribution in [0.1, 0.15) is 19.8 Å². The summed E-state index contributed by atoms with van der Waals surface area (Å²) in [6.45, 7) is 2.22. The van der Waals surface area contributed by atoms with E-state index in [2.05, 4.69) is 36.2 Å². The number of thiazole rings is 1. The summed E-state index contributed by atoms with van der Waals surface area (Å²) < 4.78 is 3.27. The third-order valence-electron chi connectivity index (χ3n) is 3.93. The highest BCUT2D eigenvalue weighted by Crippen LogP contribution is 2.36. The minimum atomic E-state index is 0.925. The van der Waals surface area contributed by atoms with Crippen LogP contribution in [0, 0.1) is 4.51 Å². The molecule has 0 aliphatic carbocycles. The monoisotopic (exact) mass is 356 g/mol. The van der Waals surface area contributed by atoms with Gasteiger partial charge in [0.25, 0.3) is 0 Å². The summed E-state index contributed by atoms with van der Waals surface area (Å²) in [4.78, 5) is 8.29. The Labute approximate surface area is 147 Å². The van der Waals surface area contributed by atoms with Crippen molar-refractivity contribution in [2.75, 3.05) is 5.75 Å². The molecule has 2 aromatic carbocycles. The van der Waals surface area contributed by atoms with Crippen molar-refractivity contribution >= 4 is 67.3 Å². The molecule has 0 saturated carbocycles. The van der Waals surface area contributed by atoms with E-state index in [0.717, 1.165) is 41.9 Å². The SMILES string of the molecule is CCCCSc1nc2ccc3[nH]c4ccccc4c(=S)c3c2s1. The van der Waals surface area contributed by atoms with E-state index in [1.807, 2.05) is 23.9 Å². The Balaban J connectivity index is 1.96.